The molecule has 1 fully saturated rings. The number of carbonyl (C=O) groups is 4. The molecule has 0 radical (unpaired) electrons. The van der Waals surface area contributed by atoms with E-state index in [1.807, 2.05) is 6.92 Å². The summed E-state index contributed by atoms with van der Waals surface area (Å²) in [6.07, 6.45) is 1.83. The minimum absolute atomic E-state index is 0.111. The summed E-state index contributed by atoms with van der Waals surface area (Å²) in [4.78, 5) is 52.2. The second-order valence-corrected chi connectivity index (χ2v) is 9.61. The Morgan fingerprint density at radius 2 is 1.71 bits per heavy atom. The molecule has 2 rings (SSSR count). The molecule has 0 aliphatic carbocycles. The summed E-state index contributed by atoms with van der Waals surface area (Å²) >= 11 is 0. The van der Waals surface area contributed by atoms with Crippen molar-refractivity contribution >= 4 is 23.7 Å². The number of hydrogen-bond acceptors (Lipinski definition) is 6. The van der Waals surface area contributed by atoms with Gasteiger partial charge in [0.15, 0.2) is 0 Å². The number of phenols is 1. The van der Waals surface area contributed by atoms with E-state index in [4.69, 9.17) is 5.73 Å². The number of benzene rings is 1. The van der Waals surface area contributed by atoms with Crippen molar-refractivity contribution in [3.05, 3.63) is 29.8 Å². The molecule has 1 aromatic carbocycles. The molecule has 1 aliphatic rings. The highest BCUT2D eigenvalue weighted by molar-refractivity contribution is 5.94. The minimum Gasteiger partial charge on any atom is -0.508 e. The average molecular weight is 491 g/mol. The van der Waals surface area contributed by atoms with Crippen LogP contribution in [0.1, 0.15) is 52.5 Å². The van der Waals surface area contributed by atoms with Gasteiger partial charge >= 0.3 is 5.97 Å². The van der Waals surface area contributed by atoms with Gasteiger partial charge in [-0.3, -0.25) is 14.4 Å². The fraction of sp³-hybridized carbons (Fsp3) is 0.600. The number of nitrogens with two attached hydrogens (primary N) is 1. The van der Waals surface area contributed by atoms with E-state index in [1.165, 1.54) is 17.0 Å². The number of nitrogens with one attached hydrogen (secondary N) is 2. The molecule has 0 bridgehead atoms. The number of likely N-dealkylation sites (tertiary alicyclic amines) is 1. The fourth-order valence-electron chi connectivity index (χ4n) is 4.17. The van der Waals surface area contributed by atoms with Crippen molar-refractivity contribution in [3.8, 4) is 5.75 Å². The lowest BCUT2D eigenvalue weighted by molar-refractivity contribution is -0.146. The molecule has 10 heteroatoms. The van der Waals surface area contributed by atoms with Crippen LogP contribution in [0.5, 0.6) is 5.75 Å². The van der Waals surface area contributed by atoms with Crippen LogP contribution in [0.25, 0.3) is 0 Å². The maximum Gasteiger partial charge on any atom is 0.326 e. The topological polar surface area (TPSA) is 162 Å². The summed E-state index contributed by atoms with van der Waals surface area (Å²) in [6.45, 7) is 7.53. The Morgan fingerprint density at radius 1 is 1.09 bits per heavy atom. The Hall–Kier alpha value is -3.14. The number of aliphatic carboxylic acids is 1. The van der Waals surface area contributed by atoms with Gasteiger partial charge in [-0.2, -0.15) is 0 Å². The van der Waals surface area contributed by atoms with Crippen LogP contribution in [-0.2, 0) is 25.6 Å². The maximum atomic E-state index is 13.4. The monoisotopic (exact) mass is 490 g/mol. The van der Waals surface area contributed by atoms with Crippen LogP contribution in [0, 0.1) is 11.8 Å². The largest absolute Gasteiger partial charge is 0.508 e. The SMILES string of the molecule is CC[C@H](C)[C@H](NC(=O)[C@@H]1CCCN1C(=O)[C@@H](NC(=O)[C@@H](N)Cc1ccc(O)cc1)C(C)C)C(=O)O. The van der Waals surface area contributed by atoms with E-state index in [9.17, 15) is 29.4 Å². The van der Waals surface area contributed by atoms with Crippen molar-refractivity contribution in [3.63, 3.8) is 0 Å². The van der Waals surface area contributed by atoms with Crippen LogP contribution in [0.15, 0.2) is 24.3 Å². The van der Waals surface area contributed by atoms with Gasteiger partial charge in [0, 0.05) is 6.54 Å². The van der Waals surface area contributed by atoms with Crippen LogP contribution in [0.4, 0.5) is 0 Å². The minimum atomic E-state index is -1.11. The quantitative estimate of drug-likeness (QED) is 0.309. The lowest BCUT2D eigenvalue weighted by atomic mass is 9.98. The van der Waals surface area contributed by atoms with Crippen LogP contribution < -0.4 is 16.4 Å². The Balaban J connectivity index is 2.09. The molecule has 1 aromatic rings. The van der Waals surface area contributed by atoms with E-state index in [0.717, 1.165) is 5.56 Å². The summed E-state index contributed by atoms with van der Waals surface area (Å²) in [6, 6.07) is 2.74. The number of aromatic hydroxyl groups is 1. The Kier molecular flexibility index (Phi) is 10.1. The van der Waals surface area contributed by atoms with Crippen LogP contribution in [0.2, 0.25) is 0 Å². The molecule has 1 heterocycles. The van der Waals surface area contributed by atoms with E-state index >= 15 is 0 Å². The number of carboxylic acids is 1. The maximum absolute atomic E-state index is 13.4. The number of carbonyl (C=O) groups excluding carboxylic acids is 3. The molecule has 35 heavy (non-hydrogen) atoms. The normalized spacial score (nSPS) is 19.0. The van der Waals surface area contributed by atoms with Gasteiger partial charge in [-0.1, -0.05) is 46.2 Å². The lowest BCUT2D eigenvalue weighted by Gasteiger charge is -2.32. The summed E-state index contributed by atoms with van der Waals surface area (Å²) in [7, 11) is 0. The number of carboxylic acid groups (broad SMARTS) is 1. The van der Waals surface area contributed by atoms with Gasteiger partial charge in [0.1, 0.15) is 23.9 Å². The van der Waals surface area contributed by atoms with E-state index in [1.54, 1.807) is 32.9 Å². The third-order valence-corrected chi connectivity index (χ3v) is 6.57. The first-order valence-corrected chi connectivity index (χ1v) is 12.1. The molecule has 1 aliphatic heterocycles. The number of hydrogen-bond donors (Lipinski definition) is 5. The molecule has 5 atom stereocenters. The predicted molar refractivity (Wildman–Crippen MR) is 130 cm³/mol. The molecule has 0 unspecified atom stereocenters. The van der Waals surface area contributed by atoms with Crippen molar-refractivity contribution in [1.82, 2.24) is 15.5 Å². The Morgan fingerprint density at radius 3 is 2.26 bits per heavy atom. The number of rotatable bonds is 11. The van der Waals surface area contributed by atoms with Crippen LogP contribution in [-0.4, -0.2) is 69.5 Å². The average Bonchev–Trinajstić information content (AvgIpc) is 3.31. The molecular weight excluding hydrogens is 452 g/mol. The van der Waals surface area contributed by atoms with E-state index in [-0.39, 0.29) is 24.0 Å². The van der Waals surface area contributed by atoms with Crippen LogP contribution >= 0.6 is 0 Å². The molecule has 194 valence electrons. The van der Waals surface area contributed by atoms with Gasteiger partial charge in [-0.25, -0.2) is 4.79 Å². The van der Waals surface area contributed by atoms with E-state index in [0.29, 0.717) is 25.8 Å². The second kappa shape index (κ2) is 12.5. The van der Waals surface area contributed by atoms with Crippen molar-refractivity contribution in [1.29, 1.82) is 0 Å². The Labute approximate surface area is 206 Å². The van der Waals surface area contributed by atoms with Crippen molar-refractivity contribution in [2.24, 2.45) is 17.6 Å². The zero-order valence-electron chi connectivity index (χ0n) is 20.9. The summed E-state index contributed by atoms with van der Waals surface area (Å²) < 4.78 is 0. The van der Waals surface area contributed by atoms with Gasteiger partial charge in [0.05, 0.1) is 6.04 Å². The van der Waals surface area contributed by atoms with E-state index in [2.05, 4.69) is 10.6 Å². The summed E-state index contributed by atoms with van der Waals surface area (Å²) in [5, 5.41) is 24.3. The fourth-order valence-corrected chi connectivity index (χ4v) is 4.17. The van der Waals surface area contributed by atoms with Gasteiger partial charge in [-0.15, -0.1) is 0 Å². The van der Waals surface area contributed by atoms with E-state index < -0.39 is 47.9 Å². The lowest BCUT2D eigenvalue weighted by Crippen LogP contribution is -2.58. The molecule has 0 spiro atoms. The first-order valence-electron chi connectivity index (χ1n) is 12.1. The van der Waals surface area contributed by atoms with Crippen molar-refractivity contribution < 1.29 is 29.4 Å². The summed E-state index contributed by atoms with van der Waals surface area (Å²) in [5.74, 6) is -2.91. The smallest absolute Gasteiger partial charge is 0.326 e. The van der Waals surface area contributed by atoms with Gasteiger partial charge in [-0.05, 0) is 48.8 Å². The molecular formula is C25H38N4O6. The molecule has 10 nitrogen and oxygen atoms in total. The second-order valence-electron chi connectivity index (χ2n) is 9.61. The zero-order chi connectivity index (χ0) is 26.3. The highest BCUT2D eigenvalue weighted by Gasteiger charge is 2.40. The van der Waals surface area contributed by atoms with Crippen molar-refractivity contribution in [2.75, 3.05) is 6.54 Å². The third kappa shape index (κ3) is 7.42. The number of phenolic OH excluding ortho intramolecular Hbond substituents is 1. The zero-order valence-corrected chi connectivity index (χ0v) is 20.9. The Bertz CT molecular complexity index is 904. The molecule has 6 N–H and O–H groups in total. The molecule has 3 amide bonds. The van der Waals surface area contributed by atoms with Crippen LogP contribution in [0.3, 0.4) is 0 Å². The first kappa shape index (κ1) is 28.1. The highest BCUT2D eigenvalue weighted by Crippen LogP contribution is 2.21. The molecule has 0 aromatic heterocycles. The predicted octanol–water partition coefficient (Wildman–Crippen LogP) is 1.01. The highest BCUT2D eigenvalue weighted by atomic mass is 16.4. The number of amides is 3. The summed E-state index contributed by atoms with van der Waals surface area (Å²) in [5.41, 5.74) is 6.84. The third-order valence-electron chi connectivity index (χ3n) is 6.57. The first-order chi connectivity index (χ1) is 16.5. The van der Waals surface area contributed by atoms with Gasteiger partial charge < -0.3 is 31.5 Å². The van der Waals surface area contributed by atoms with Gasteiger partial charge in [0.25, 0.3) is 0 Å². The standard InChI is InChI=1S/C25H38N4O6/c1-5-15(4)21(25(34)35)28-23(32)19-7-6-12-29(19)24(33)20(14(2)3)27-22(31)18(26)13-16-8-10-17(30)11-9-16/h8-11,14-15,18-21,30H,5-7,12-13,26H2,1-4H3,(H,27,31)(H,28,32)(H,34,35)/t15-,18-,19-,20-,21-/m0/s1. The van der Waals surface area contributed by atoms with Gasteiger partial charge in [0.2, 0.25) is 17.7 Å². The van der Waals surface area contributed by atoms with Crippen molar-refractivity contribution in [2.45, 2.75) is 77.5 Å². The molecule has 0 saturated carbocycles. The molecule has 1 saturated heterocycles. The number of nitrogens with zero attached hydrogens (tertiary/aromatic N) is 1.